The van der Waals surface area contributed by atoms with Crippen LogP contribution in [0.1, 0.15) is 22.3 Å². The van der Waals surface area contributed by atoms with Crippen molar-refractivity contribution in [2.75, 3.05) is 0 Å². The molecule has 11 rings (SSSR count). The lowest BCUT2D eigenvalue weighted by molar-refractivity contribution is 0.0903. The Bertz CT molecular complexity index is 3600. The van der Waals surface area contributed by atoms with Gasteiger partial charge in [0.2, 0.25) is 22.8 Å². The number of phenolic OH excluding ortho intramolecular Hbond substituents is 12. The molecule has 0 bridgehead atoms. The number of nitrogens with zero attached hydrogens (tertiary/aromatic N) is 1. The van der Waals surface area contributed by atoms with E-state index < -0.39 is 96.6 Å². The quantitative estimate of drug-likeness (QED) is 0.0525. The fourth-order valence-electron chi connectivity index (χ4n) is 10.7. The van der Waals surface area contributed by atoms with Crippen molar-refractivity contribution in [2.24, 2.45) is 0 Å². The number of benzene rings is 8. The predicted octanol–water partition coefficient (Wildman–Crippen LogP) is 2.27. The Morgan fingerprint density at radius 1 is 0.324 bits per heavy atom. The minimum absolute atomic E-state index is 0.00986. The summed E-state index contributed by atoms with van der Waals surface area (Å²) in [5, 5.41) is 137. The van der Waals surface area contributed by atoms with Gasteiger partial charge in [-0.25, -0.2) is 0 Å². The molecule has 0 amide bonds. The molecule has 0 atom stereocenters. The number of hydrogen-bond acceptors (Lipinski definition) is 14. The van der Waals surface area contributed by atoms with Gasteiger partial charge in [-0.1, -0.05) is 84.9 Å². The van der Waals surface area contributed by atoms with Crippen molar-refractivity contribution in [3.8, 4) is 119 Å². The van der Waals surface area contributed by atoms with E-state index in [0.717, 1.165) is 38.9 Å². The van der Waals surface area contributed by atoms with Gasteiger partial charge >= 0.3 is 0 Å². The van der Waals surface area contributed by atoms with Crippen molar-refractivity contribution in [2.45, 2.75) is 5.41 Å². The van der Waals surface area contributed by atoms with Crippen LogP contribution in [0.5, 0.6) is 69.0 Å². The first kappa shape index (κ1) is 41.7. The third-order valence-corrected chi connectivity index (χ3v) is 14.0. The average Bonchev–Trinajstić information content (AvgIpc) is 3.74. The van der Waals surface area contributed by atoms with Gasteiger partial charge in [-0.3, -0.25) is 13.7 Å². The molecule has 2 aliphatic carbocycles. The van der Waals surface area contributed by atoms with Crippen LogP contribution in [-0.4, -0.2) is 97.2 Å². The Hall–Kier alpha value is -8.98. The zero-order valence-electron chi connectivity index (χ0n) is 36.3. The molecule has 1 spiro atoms. The average molecular weight is 905 g/mol. The van der Waals surface area contributed by atoms with Crippen LogP contribution >= 0.6 is 0 Å². The zero-order valence-corrected chi connectivity index (χ0v) is 36.3. The van der Waals surface area contributed by atoms with Gasteiger partial charge < -0.3 is 61.3 Å². The minimum Gasteiger partial charge on any atom is -0.508 e. The molecule has 19 heteroatoms. The molecule has 15 nitrogen and oxygen atoms in total. The van der Waals surface area contributed by atoms with Gasteiger partial charge in [0, 0.05) is 11.1 Å². The lowest BCUT2D eigenvalue weighted by Crippen LogP contribution is -2.28. The van der Waals surface area contributed by atoms with Crippen LogP contribution in [0.25, 0.3) is 72.4 Å². The maximum absolute atomic E-state index is 12.5. The Kier molecular flexibility index (Phi) is 8.60. The Morgan fingerprint density at radius 3 is 1.35 bits per heavy atom. The van der Waals surface area contributed by atoms with Crippen LogP contribution in [0.4, 0.5) is 0 Å². The summed E-state index contributed by atoms with van der Waals surface area (Å²) < 4.78 is 13.4. The highest BCUT2D eigenvalue weighted by Gasteiger charge is 2.52. The van der Waals surface area contributed by atoms with Crippen LogP contribution in [0.15, 0.2) is 100 Å². The number of hydrogen-bond donors (Lipinski definition) is 12. The van der Waals surface area contributed by atoms with Crippen molar-refractivity contribution in [3.05, 3.63) is 113 Å². The molecule has 0 unspecified atom stereocenters. The second-order valence-corrected chi connectivity index (χ2v) is 17.1. The second-order valence-electron chi connectivity index (χ2n) is 17.1. The highest BCUT2D eigenvalue weighted by molar-refractivity contribution is 6.53. The van der Waals surface area contributed by atoms with Gasteiger partial charge in [0.25, 0.3) is 0 Å². The van der Waals surface area contributed by atoms with Crippen molar-refractivity contribution >= 4 is 75.4 Å². The van der Waals surface area contributed by atoms with Crippen LogP contribution in [0, 0.1) is 0 Å². The molecule has 332 valence electrons. The topological polar surface area (TPSA) is 274 Å². The molecule has 0 radical (unpaired) electrons. The van der Waals surface area contributed by atoms with E-state index in [1.165, 1.54) is 36.0 Å². The molecular formula is C49H35B4NO14. The first-order valence-electron chi connectivity index (χ1n) is 21.2. The highest BCUT2D eigenvalue weighted by Crippen LogP contribution is 2.65. The molecule has 0 fully saturated rings. The summed E-state index contributed by atoms with van der Waals surface area (Å²) in [5.74, 6) is -12.5. The number of rotatable bonds is 3. The molecule has 1 heterocycles. The van der Waals surface area contributed by atoms with Crippen LogP contribution in [0.3, 0.4) is 0 Å². The summed E-state index contributed by atoms with van der Waals surface area (Å²) in [6, 6.07) is 29.4. The molecule has 68 heavy (non-hydrogen) atoms. The second kappa shape index (κ2) is 14.0. The molecule has 0 saturated heterocycles. The van der Waals surface area contributed by atoms with Gasteiger partial charge in [0.15, 0.2) is 45.8 Å². The number of aromatic hydroxyl groups is 12. The SMILES string of the molecule is Bc1c(B)c(O)c(-c2c(O)c(B)c3c(ooc4c(O)c(-c5c(O)c(O)c(O)c(O)c5O)c(O)c(O)c4n3-c3cccc4c3-c3ccccc3C43c4ccccc4-c4ccccc43)c2B)c(O)c1O. The molecular weight excluding hydrogens is 870 g/mol. The van der Waals surface area contributed by atoms with Crippen LogP contribution in [-0.2, 0) is 5.41 Å². The van der Waals surface area contributed by atoms with E-state index in [-0.39, 0.29) is 49.8 Å². The first-order chi connectivity index (χ1) is 32.5. The summed E-state index contributed by atoms with van der Waals surface area (Å²) >= 11 is 0. The lowest BCUT2D eigenvalue weighted by atomic mass is 9.70. The predicted molar refractivity (Wildman–Crippen MR) is 263 cm³/mol. The molecule has 0 aliphatic heterocycles. The van der Waals surface area contributed by atoms with Crippen molar-refractivity contribution in [1.29, 1.82) is 0 Å². The third-order valence-electron chi connectivity index (χ3n) is 14.0. The van der Waals surface area contributed by atoms with E-state index in [2.05, 4.69) is 24.3 Å². The highest BCUT2D eigenvalue weighted by atomic mass is 17.0. The number of fused-ring (bicyclic) bond motifs is 12. The normalized spacial score (nSPS) is 12.9. The van der Waals surface area contributed by atoms with Crippen molar-refractivity contribution < 1.29 is 70.4 Å². The summed E-state index contributed by atoms with van der Waals surface area (Å²) in [5.41, 5.74) is 2.51. The molecule has 1 aromatic heterocycles. The molecule has 2 aliphatic rings. The summed E-state index contributed by atoms with van der Waals surface area (Å²) in [6.45, 7) is 0. The first-order valence-corrected chi connectivity index (χ1v) is 21.2. The fourth-order valence-corrected chi connectivity index (χ4v) is 10.7. The Balaban J connectivity index is 1.37. The van der Waals surface area contributed by atoms with E-state index in [4.69, 9.17) is 9.15 Å². The monoisotopic (exact) mass is 905 g/mol. The summed E-state index contributed by atoms with van der Waals surface area (Å²) in [6.07, 6.45) is 0. The maximum Gasteiger partial charge on any atom is 0.248 e. The molecule has 8 aromatic carbocycles. The lowest BCUT2D eigenvalue weighted by Gasteiger charge is -2.30. The summed E-state index contributed by atoms with van der Waals surface area (Å²) in [4.78, 5) is 0. The minimum atomic E-state index is -1.35. The van der Waals surface area contributed by atoms with Gasteiger partial charge in [-0.05, 0) is 66.9 Å². The number of aromatic nitrogens is 1. The maximum atomic E-state index is 12.5. The van der Waals surface area contributed by atoms with E-state index in [1.807, 2.05) is 54.6 Å². The molecule has 9 aromatic rings. The van der Waals surface area contributed by atoms with E-state index >= 15 is 0 Å². The van der Waals surface area contributed by atoms with Gasteiger partial charge in [-0.2, -0.15) is 0 Å². The zero-order chi connectivity index (χ0) is 48.2. The smallest absolute Gasteiger partial charge is 0.248 e. The van der Waals surface area contributed by atoms with E-state index in [0.29, 0.717) is 5.56 Å². The van der Waals surface area contributed by atoms with Crippen LogP contribution in [0.2, 0.25) is 0 Å². The van der Waals surface area contributed by atoms with E-state index in [9.17, 15) is 61.3 Å². The molecule has 0 saturated carbocycles. The van der Waals surface area contributed by atoms with Crippen LogP contribution < -0.4 is 21.9 Å². The largest absolute Gasteiger partial charge is 0.508 e. The van der Waals surface area contributed by atoms with Gasteiger partial charge in [0.05, 0.1) is 33.3 Å². The Labute approximate surface area is 387 Å². The summed E-state index contributed by atoms with van der Waals surface area (Å²) in [7, 11) is 5.93. The Morgan fingerprint density at radius 2 is 0.750 bits per heavy atom. The van der Waals surface area contributed by atoms with Gasteiger partial charge in [0.1, 0.15) is 48.4 Å². The fraction of sp³-hybridized carbons (Fsp3) is 0.0204. The third kappa shape index (κ3) is 4.90. The van der Waals surface area contributed by atoms with Gasteiger partial charge in [-0.15, -0.1) is 0 Å². The molecule has 12 N–H and O–H groups in total. The number of phenols is 12. The van der Waals surface area contributed by atoms with Crippen molar-refractivity contribution in [1.82, 2.24) is 4.57 Å². The standard InChI is InChI=1S/C49H35B4NO14/c50-29-25(26-36(56)30(51)31(52)42(62)37(26)57)35(55)32(53)33-47(29)67-68-48-34(43(63)38(58)28(41(48)61)27-39(59)44(64)46(66)45(65)40(27)60)54(33)23-15-7-14-22-24(23)18-10-3-6-13-21(18)49(22)19-11-4-1-8-16(19)17-9-2-5-12-20(17)49/h1-15,55-66H,50-53H2. The van der Waals surface area contributed by atoms with E-state index in [1.54, 1.807) is 12.1 Å². The van der Waals surface area contributed by atoms with Crippen molar-refractivity contribution in [3.63, 3.8) is 0 Å².